The predicted octanol–water partition coefficient (Wildman–Crippen LogP) is 3.47. The third-order valence-electron chi connectivity index (χ3n) is 4.76. The maximum absolute atomic E-state index is 13.6. The van der Waals surface area contributed by atoms with Gasteiger partial charge in [0.2, 0.25) is 0 Å². The van der Waals surface area contributed by atoms with Crippen molar-refractivity contribution in [3.63, 3.8) is 0 Å². The molecule has 2 aliphatic rings. The molecule has 0 spiro atoms. The third kappa shape index (κ3) is 4.36. The largest absolute Gasteiger partial charge is 0.326 e. The van der Waals surface area contributed by atoms with E-state index in [0.29, 0.717) is 29.4 Å². The standard InChI is InChI=1S/C18H16BrClFN5O2S2/c19-4-3-13-15-8-11(25-30(22,27)28)9-26(15)17(18-23-5-6-29-18)24-16(13)12-2-1-10(21)7-14(12)20/h1-7,11,16,25H,8-9H2,(H2,22,27,28)/b4-3+/t11-,16-/m0/s1. The fourth-order valence-electron chi connectivity index (χ4n) is 3.68. The van der Waals surface area contributed by atoms with Gasteiger partial charge in [0.15, 0.2) is 10.8 Å². The molecule has 0 aliphatic carbocycles. The van der Waals surface area contributed by atoms with Crippen molar-refractivity contribution in [3.8, 4) is 0 Å². The van der Waals surface area contributed by atoms with Crippen LogP contribution in [0, 0.1) is 5.82 Å². The molecule has 1 fully saturated rings. The molecule has 3 N–H and O–H groups in total. The SMILES string of the molecule is NS(=O)(=O)N[C@H]1CC2=C(/C=C/Br)[C@H](c3ccc(F)cc3Cl)N=C(c3nccs3)N2C1. The Labute approximate surface area is 190 Å². The molecule has 1 aromatic heterocycles. The van der Waals surface area contributed by atoms with Gasteiger partial charge in [-0.25, -0.2) is 14.5 Å². The molecule has 2 atom stereocenters. The second-order valence-corrected chi connectivity index (χ2v) is 9.88. The summed E-state index contributed by atoms with van der Waals surface area (Å²) in [5.41, 5.74) is 2.33. The molecule has 2 aromatic rings. The van der Waals surface area contributed by atoms with Crippen molar-refractivity contribution in [2.75, 3.05) is 6.54 Å². The number of nitrogens with two attached hydrogens (primary N) is 1. The van der Waals surface area contributed by atoms with Gasteiger partial charge in [-0.3, -0.25) is 4.99 Å². The minimum Gasteiger partial charge on any atom is -0.326 e. The Bertz CT molecular complexity index is 1170. The number of hydrogen-bond donors (Lipinski definition) is 2. The highest BCUT2D eigenvalue weighted by molar-refractivity contribution is 9.11. The molecule has 0 amide bonds. The molecular weight excluding hydrogens is 517 g/mol. The molecule has 0 radical (unpaired) electrons. The van der Waals surface area contributed by atoms with Gasteiger partial charge in [-0.1, -0.05) is 33.6 Å². The first-order chi connectivity index (χ1) is 14.3. The molecule has 1 saturated heterocycles. The van der Waals surface area contributed by atoms with Gasteiger partial charge in [-0.05, 0) is 28.8 Å². The molecule has 4 rings (SSSR count). The number of thiazole rings is 1. The van der Waals surface area contributed by atoms with E-state index in [1.165, 1.54) is 23.5 Å². The number of fused-ring (bicyclic) bond motifs is 1. The summed E-state index contributed by atoms with van der Waals surface area (Å²) in [5.74, 6) is 0.171. The van der Waals surface area contributed by atoms with Crippen LogP contribution in [0.3, 0.4) is 0 Å². The van der Waals surface area contributed by atoms with E-state index in [0.717, 1.165) is 11.3 Å². The Morgan fingerprint density at radius 3 is 2.87 bits per heavy atom. The third-order valence-corrected chi connectivity index (χ3v) is 6.78. The number of aromatic nitrogens is 1. The zero-order valence-electron chi connectivity index (χ0n) is 15.3. The molecule has 30 heavy (non-hydrogen) atoms. The lowest BCUT2D eigenvalue weighted by molar-refractivity contribution is 0.513. The lowest BCUT2D eigenvalue weighted by Gasteiger charge is -2.31. The lowest BCUT2D eigenvalue weighted by atomic mass is 9.94. The molecule has 7 nitrogen and oxygen atoms in total. The summed E-state index contributed by atoms with van der Waals surface area (Å²) >= 11 is 11.1. The van der Waals surface area contributed by atoms with Crippen LogP contribution >= 0.6 is 38.9 Å². The van der Waals surface area contributed by atoms with E-state index in [1.807, 2.05) is 16.4 Å². The van der Waals surface area contributed by atoms with E-state index < -0.39 is 28.1 Å². The van der Waals surface area contributed by atoms with Gasteiger partial charge in [-0.2, -0.15) is 13.1 Å². The second-order valence-electron chi connectivity index (χ2n) is 6.73. The normalized spacial score (nSPS) is 22.0. The Hall–Kier alpha value is -1.63. The molecular formula is C18H16BrClFN5O2S2. The minimum absolute atomic E-state index is 0.258. The molecule has 0 unspecified atom stereocenters. The summed E-state index contributed by atoms with van der Waals surface area (Å²) in [6, 6.07) is 3.26. The molecule has 158 valence electrons. The van der Waals surface area contributed by atoms with Crippen molar-refractivity contribution in [3.05, 3.63) is 73.5 Å². The monoisotopic (exact) mass is 531 g/mol. The van der Waals surface area contributed by atoms with E-state index in [1.54, 1.807) is 17.2 Å². The van der Waals surface area contributed by atoms with E-state index in [-0.39, 0.29) is 5.02 Å². The van der Waals surface area contributed by atoms with Crippen molar-refractivity contribution < 1.29 is 12.8 Å². The summed E-state index contributed by atoms with van der Waals surface area (Å²) in [4.78, 5) is 12.9. The predicted molar refractivity (Wildman–Crippen MR) is 119 cm³/mol. The Morgan fingerprint density at radius 2 is 2.23 bits per heavy atom. The number of rotatable bonds is 5. The smallest absolute Gasteiger partial charge is 0.274 e. The van der Waals surface area contributed by atoms with Crippen molar-refractivity contribution in [2.45, 2.75) is 18.5 Å². The van der Waals surface area contributed by atoms with Crippen molar-refractivity contribution in [1.82, 2.24) is 14.6 Å². The second kappa shape index (κ2) is 8.48. The van der Waals surface area contributed by atoms with Crippen LogP contribution in [0.25, 0.3) is 0 Å². The topological polar surface area (TPSA) is 101 Å². The van der Waals surface area contributed by atoms with E-state index in [4.69, 9.17) is 21.7 Å². The zero-order valence-corrected chi connectivity index (χ0v) is 19.3. The van der Waals surface area contributed by atoms with Crippen LogP contribution in [0.15, 0.2) is 57.1 Å². The number of aliphatic imine (C=N–C) groups is 1. The molecule has 1 aromatic carbocycles. The van der Waals surface area contributed by atoms with Gasteiger partial charge in [0.1, 0.15) is 11.9 Å². The van der Waals surface area contributed by atoms with Gasteiger partial charge in [0.05, 0.1) is 0 Å². The summed E-state index contributed by atoms with van der Waals surface area (Å²) in [6.45, 7) is 0.355. The highest BCUT2D eigenvalue weighted by Crippen LogP contribution is 2.42. The average molecular weight is 533 g/mol. The molecule has 12 heteroatoms. The van der Waals surface area contributed by atoms with Gasteiger partial charge < -0.3 is 4.90 Å². The molecule has 3 heterocycles. The quantitative estimate of drug-likeness (QED) is 0.616. The summed E-state index contributed by atoms with van der Waals surface area (Å²) in [7, 11) is -3.87. The maximum Gasteiger partial charge on any atom is 0.274 e. The van der Waals surface area contributed by atoms with Gasteiger partial charge in [-0.15, -0.1) is 11.3 Å². The fraction of sp³-hybridized carbons (Fsp3) is 0.222. The number of halogens is 3. The van der Waals surface area contributed by atoms with E-state index in [2.05, 4.69) is 25.6 Å². The number of benzene rings is 1. The van der Waals surface area contributed by atoms with E-state index in [9.17, 15) is 12.8 Å². The summed E-state index contributed by atoms with van der Waals surface area (Å²) < 4.78 is 39.3. The first kappa shape index (κ1) is 21.6. The highest BCUT2D eigenvalue weighted by Gasteiger charge is 2.39. The van der Waals surface area contributed by atoms with Crippen LogP contribution in [0.2, 0.25) is 5.02 Å². The van der Waals surface area contributed by atoms with Crippen molar-refractivity contribution >= 4 is 54.9 Å². The van der Waals surface area contributed by atoms with Gasteiger partial charge >= 0.3 is 0 Å². The first-order valence-electron chi connectivity index (χ1n) is 8.77. The molecule has 0 saturated carbocycles. The van der Waals surface area contributed by atoms with Crippen molar-refractivity contribution in [1.29, 1.82) is 0 Å². The minimum atomic E-state index is -3.87. The number of amidine groups is 1. The van der Waals surface area contributed by atoms with Crippen molar-refractivity contribution in [2.24, 2.45) is 10.1 Å². The Balaban J connectivity index is 1.87. The zero-order chi connectivity index (χ0) is 21.5. The van der Waals surface area contributed by atoms with Crippen LogP contribution in [0.5, 0.6) is 0 Å². The van der Waals surface area contributed by atoms with Gasteiger partial charge in [0.25, 0.3) is 10.2 Å². The van der Waals surface area contributed by atoms with E-state index >= 15 is 0 Å². The fourth-order valence-corrected chi connectivity index (χ4v) is 5.50. The number of hydrogen-bond acceptors (Lipinski definition) is 6. The highest BCUT2D eigenvalue weighted by atomic mass is 79.9. The molecule has 0 bridgehead atoms. The van der Waals surface area contributed by atoms with Crippen LogP contribution in [-0.2, 0) is 10.2 Å². The van der Waals surface area contributed by atoms with Crippen LogP contribution in [0.4, 0.5) is 4.39 Å². The first-order valence-corrected chi connectivity index (χ1v) is 12.5. The molecule has 2 aliphatic heterocycles. The lowest BCUT2D eigenvalue weighted by Crippen LogP contribution is -2.42. The Morgan fingerprint density at radius 1 is 1.43 bits per heavy atom. The average Bonchev–Trinajstić information content (AvgIpc) is 3.31. The summed E-state index contributed by atoms with van der Waals surface area (Å²) in [6.07, 6.45) is 3.92. The van der Waals surface area contributed by atoms with Crippen LogP contribution < -0.4 is 9.86 Å². The van der Waals surface area contributed by atoms with Crippen LogP contribution in [0.1, 0.15) is 23.0 Å². The van der Waals surface area contributed by atoms with Crippen LogP contribution in [-0.4, -0.2) is 36.7 Å². The number of nitrogens with one attached hydrogen (secondary N) is 1. The Kier molecular flexibility index (Phi) is 6.11. The number of nitrogens with zero attached hydrogens (tertiary/aromatic N) is 3. The van der Waals surface area contributed by atoms with Gasteiger partial charge in [0, 0.05) is 46.9 Å². The summed E-state index contributed by atoms with van der Waals surface area (Å²) in [5, 5.41) is 7.98. The maximum atomic E-state index is 13.6.